The van der Waals surface area contributed by atoms with E-state index in [-0.39, 0.29) is 12.2 Å². The van der Waals surface area contributed by atoms with Gasteiger partial charge in [0.15, 0.2) is 0 Å². The van der Waals surface area contributed by atoms with Gasteiger partial charge in [-0.05, 0) is 42.8 Å². The smallest absolute Gasteiger partial charge is 0.310 e. The van der Waals surface area contributed by atoms with Crippen LogP contribution in [0.5, 0.6) is 0 Å². The molecule has 28 heavy (non-hydrogen) atoms. The van der Waals surface area contributed by atoms with Gasteiger partial charge in [-0.3, -0.25) is 9.59 Å². The van der Waals surface area contributed by atoms with Gasteiger partial charge in [0, 0.05) is 40.1 Å². The molecule has 0 saturated carbocycles. The molecule has 2 aromatic carbocycles. The van der Waals surface area contributed by atoms with Crippen molar-refractivity contribution < 1.29 is 14.3 Å². The zero-order valence-corrected chi connectivity index (χ0v) is 16.6. The fourth-order valence-corrected chi connectivity index (χ4v) is 3.98. The highest BCUT2D eigenvalue weighted by molar-refractivity contribution is 6.31. The molecule has 0 aliphatic carbocycles. The average molecular weight is 397 g/mol. The van der Waals surface area contributed by atoms with Crippen molar-refractivity contribution in [3.05, 3.63) is 69.4 Å². The van der Waals surface area contributed by atoms with Gasteiger partial charge in [-0.2, -0.15) is 0 Å². The number of carbonyl (C=O) groups is 2. The molecular weight excluding hydrogens is 376 g/mol. The van der Waals surface area contributed by atoms with Crippen LogP contribution in [-0.4, -0.2) is 42.3 Å². The number of methoxy groups -OCH3 is 1. The van der Waals surface area contributed by atoms with E-state index >= 15 is 0 Å². The van der Waals surface area contributed by atoms with Crippen LogP contribution >= 0.6 is 11.6 Å². The number of rotatable bonds is 4. The Bertz CT molecular complexity index is 1090. The first-order valence-electron chi connectivity index (χ1n) is 9.18. The quantitative estimate of drug-likeness (QED) is 0.539. The maximum Gasteiger partial charge on any atom is 0.310 e. The molecule has 1 N–H and O–H groups in total. The van der Waals surface area contributed by atoms with E-state index in [9.17, 15) is 9.59 Å². The number of hydrogen-bond donors (Lipinski definition) is 1. The van der Waals surface area contributed by atoms with E-state index in [1.54, 1.807) is 12.1 Å². The lowest BCUT2D eigenvalue weighted by Crippen LogP contribution is -2.26. The number of ether oxygens (including phenoxy) is 1. The summed E-state index contributed by atoms with van der Waals surface area (Å²) in [6.07, 6.45) is 1.01. The normalized spacial score (nSPS) is 14.1. The topological polar surface area (TPSA) is 62.4 Å². The summed E-state index contributed by atoms with van der Waals surface area (Å²) in [4.78, 5) is 30.7. The number of nitrogens with one attached hydrogen (secondary N) is 1. The SMILES string of the molecule is COC(=O)Cc1c(C(=O)c2ccc3c(c2)CN(C)CC3)[nH]c2cc(Cl)ccc12. The lowest BCUT2D eigenvalue weighted by Gasteiger charge is -2.25. The molecule has 0 fully saturated rings. The Kier molecular flexibility index (Phi) is 4.96. The highest BCUT2D eigenvalue weighted by Gasteiger charge is 2.23. The summed E-state index contributed by atoms with van der Waals surface area (Å²) >= 11 is 6.10. The van der Waals surface area contributed by atoms with Gasteiger partial charge in [0.25, 0.3) is 0 Å². The first-order valence-corrected chi connectivity index (χ1v) is 9.56. The third-order valence-corrected chi connectivity index (χ3v) is 5.55. The number of aromatic amines is 1. The molecule has 6 heteroatoms. The van der Waals surface area contributed by atoms with Gasteiger partial charge in [0.1, 0.15) is 0 Å². The number of likely N-dealkylation sites (N-methyl/N-ethyl adjacent to an activating group) is 1. The second kappa shape index (κ2) is 7.41. The third-order valence-electron chi connectivity index (χ3n) is 5.32. The minimum Gasteiger partial charge on any atom is -0.469 e. The Labute approximate surface area is 168 Å². The van der Waals surface area contributed by atoms with Crippen LogP contribution in [0.25, 0.3) is 10.9 Å². The maximum atomic E-state index is 13.3. The Hall–Kier alpha value is -2.63. The number of nitrogens with zero attached hydrogens (tertiary/aromatic N) is 1. The lowest BCUT2D eigenvalue weighted by molar-refractivity contribution is -0.139. The van der Waals surface area contributed by atoms with Crippen LogP contribution in [0.3, 0.4) is 0 Å². The number of aromatic nitrogens is 1. The van der Waals surface area contributed by atoms with Crippen LogP contribution in [0.2, 0.25) is 5.02 Å². The zero-order valence-electron chi connectivity index (χ0n) is 15.8. The molecular formula is C22H21ClN2O3. The maximum absolute atomic E-state index is 13.3. The number of ketones is 1. The van der Waals surface area contributed by atoms with Crippen LogP contribution < -0.4 is 0 Å². The van der Waals surface area contributed by atoms with Gasteiger partial charge in [-0.15, -0.1) is 0 Å². The van der Waals surface area contributed by atoms with Gasteiger partial charge in [-0.1, -0.05) is 29.8 Å². The zero-order chi connectivity index (χ0) is 19.8. The fraction of sp³-hybridized carbons (Fsp3) is 0.273. The van der Waals surface area contributed by atoms with Crippen molar-refractivity contribution in [1.82, 2.24) is 9.88 Å². The average Bonchev–Trinajstić information content (AvgIpc) is 3.03. The van der Waals surface area contributed by atoms with E-state index in [1.807, 2.05) is 24.3 Å². The molecule has 144 valence electrons. The fourth-order valence-electron chi connectivity index (χ4n) is 3.81. The molecule has 1 aromatic heterocycles. The molecule has 0 bridgehead atoms. The molecule has 0 saturated heterocycles. The predicted molar refractivity (Wildman–Crippen MR) is 109 cm³/mol. The number of halogens is 1. The van der Waals surface area contributed by atoms with Crippen LogP contribution in [0.1, 0.15) is 32.7 Å². The van der Waals surface area contributed by atoms with Crippen LogP contribution in [0.15, 0.2) is 36.4 Å². The molecule has 1 aliphatic rings. The molecule has 0 amide bonds. The number of fused-ring (bicyclic) bond motifs is 2. The van der Waals surface area contributed by atoms with Gasteiger partial charge in [-0.25, -0.2) is 0 Å². The largest absolute Gasteiger partial charge is 0.469 e. The second-order valence-corrected chi connectivity index (χ2v) is 7.66. The second-order valence-electron chi connectivity index (χ2n) is 7.22. The van der Waals surface area contributed by atoms with Gasteiger partial charge in [0.05, 0.1) is 19.2 Å². The van der Waals surface area contributed by atoms with Gasteiger partial charge < -0.3 is 14.6 Å². The highest BCUT2D eigenvalue weighted by Crippen LogP contribution is 2.29. The number of carbonyl (C=O) groups excluding carboxylic acids is 2. The number of hydrogen-bond acceptors (Lipinski definition) is 4. The highest BCUT2D eigenvalue weighted by atomic mass is 35.5. The monoisotopic (exact) mass is 396 g/mol. The van der Waals surface area contributed by atoms with E-state index in [0.717, 1.165) is 30.4 Å². The standard InChI is InChI=1S/C22H21ClN2O3/c1-25-8-7-13-3-4-14(9-15(13)12-25)22(27)21-18(11-20(26)28-2)17-6-5-16(23)10-19(17)24-21/h3-6,9-10,24H,7-8,11-12H2,1-2H3. The Morgan fingerprint density at radius 1 is 1.18 bits per heavy atom. The molecule has 3 aromatic rings. The molecule has 0 spiro atoms. The Morgan fingerprint density at radius 2 is 2.00 bits per heavy atom. The van der Waals surface area contributed by atoms with Crippen molar-refractivity contribution in [3.63, 3.8) is 0 Å². The molecule has 0 unspecified atom stereocenters. The van der Waals surface area contributed by atoms with Crippen LogP contribution in [0, 0.1) is 0 Å². The van der Waals surface area contributed by atoms with Crippen molar-refractivity contribution in [1.29, 1.82) is 0 Å². The predicted octanol–water partition coefficient (Wildman–Crippen LogP) is 3.76. The van der Waals surface area contributed by atoms with Crippen molar-refractivity contribution in [2.75, 3.05) is 20.7 Å². The third kappa shape index (κ3) is 3.43. The first kappa shape index (κ1) is 18.7. The van der Waals surface area contributed by atoms with Gasteiger partial charge >= 0.3 is 5.97 Å². The summed E-state index contributed by atoms with van der Waals surface area (Å²) in [5, 5.41) is 1.37. The Morgan fingerprint density at radius 3 is 2.79 bits per heavy atom. The minimum absolute atomic E-state index is 0.0207. The minimum atomic E-state index is -0.392. The Balaban J connectivity index is 1.79. The van der Waals surface area contributed by atoms with E-state index < -0.39 is 5.97 Å². The number of benzene rings is 2. The van der Waals surface area contributed by atoms with E-state index in [1.165, 1.54) is 18.2 Å². The van der Waals surface area contributed by atoms with Crippen molar-refractivity contribution in [2.24, 2.45) is 0 Å². The van der Waals surface area contributed by atoms with E-state index in [4.69, 9.17) is 16.3 Å². The van der Waals surface area contributed by atoms with E-state index in [2.05, 4.69) is 16.9 Å². The summed E-state index contributed by atoms with van der Waals surface area (Å²) in [6.45, 7) is 1.85. The van der Waals surface area contributed by atoms with Gasteiger partial charge in [0.2, 0.25) is 5.78 Å². The summed E-state index contributed by atoms with van der Waals surface area (Å²) in [5.41, 5.74) is 4.84. The van der Waals surface area contributed by atoms with Crippen molar-refractivity contribution in [3.8, 4) is 0 Å². The molecule has 2 heterocycles. The lowest BCUT2D eigenvalue weighted by atomic mass is 9.94. The molecule has 0 radical (unpaired) electrons. The first-order chi connectivity index (χ1) is 13.5. The molecule has 0 atom stereocenters. The number of esters is 1. The summed E-state index contributed by atoms with van der Waals surface area (Å²) in [5.74, 6) is -0.529. The molecule has 4 rings (SSSR count). The van der Waals surface area contributed by atoms with Crippen LogP contribution in [0.4, 0.5) is 0 Å². The summed E-state index contributed by atoms with van der Waals surface area (Å²) in [6, 6.07) is 11.2. The number of H-pyrrole nitrogens is 1. The molecule has 1 aliphatic heterocycles. The van der Waals surface area contributed by atoms with Crippen LogP contribution in [-0.2, 0) is 28.9 Å². The van der Waals surface area contributed by atoms with Crippen molar-refractivity contribution in [2.45, 2.75) is 19.4 Å². The van der Waals surface area contributed by atoms with E-state index in [0.29, 0.717) is 21.8 Å². The molecule has 5 nitrogen and oxygen atoms in total. The van der Waals surface area contributed by atoms with Crippen molar-refractivity contribution >= 4 is 34.3 Å². The summed E-state index contributed by atoms with van der Waals surface area (Å²) in [7, 11) is 3.42. The summed E-state index contributed by atoms with van der Waals surface area (Å²) < 4.78 is 4.83.